The van der Waals surface area contributed by atoms with Gasteiger partial charge in [0.05, 0.1) is 12.2 Å². The van der Waals surface area contributed by atoms with E-state index in [0.717, 1.165) is 22.0 Å². The predicted octanol–water partition coefficient (Wildman–Crippen LogP) is 5.38. The molecule has 2 nitrogen and oxygen atoms in total. The molecule has 4 aliphatic rings. The second-order valence-electron chi connectivity index (χ2n) is 6.51. The van der Waals surface area contributed by atoms with Gasteiger partial charge in [-0.2, -0.15) is 0 Å². The van der Waals surface area contributed by atoms with Crippen LogP contribution in [0.4, 0.5) is 0 Å². The molecule has 0 N–H and O–H groups in total. The van der Waals surface area contributed by atoms with Crippen LogP contribution in [0.5, 0.6) is 0 Å². The van der Waals surface area contributed by atoms with Crippen LogP contribution in [-0.4, -0.2) is 52.9 Å². The van der Waals surface area contributed by atoms with E-state index in [9.17, 15) is 0 Å². The molecule has 2 spiro atoms. The lowest BCUT2D eigenvalue weighted by molar-refractivity contribution is 0.106. The van der Waals surface area contributed by atoms with Crippen molar-refractivity contribution in [2.45, 2.75) is 63.0 Å². The number of rotatable bonds is 4. The lowest BCUT2D eigenvalue weighted by atomic mass is 10.1. The minimum Gasteiger partial charge on any atom is -0.342 e. The molecule has 4 aliphatic heterocycles. The molecule has 0 saturated carbocycles. The molecular formula is C15H24O2S6. The fraction of sp³-hybridized carbons (Fsp3) is 1.00. The van der Waals surface area contributed by atoms with Crippen molar-refractivity contribution in [3.05, 3.63) is 0 Å². The van der Waals surface area contributed by atoms with Crippen LogP contribution in [0.3, 0.4) is 0 Å². The average molecular weight is 429 g/mol. The molecule has 0 amide bonds. The van der Waals surface area contributed by atoms with Gasteiger partial charge >= 0.3 is 0 Å². The summed E-state index contributed by atoms with van der Waals surface area (Å²) < 4.78 is 12.4. The minimum atomic E-state index is 0.0383. The molecule has 0 radical (unpaired) electrons. The highest BCUT2D eigenvalue weighted by atomic mass is 32.3. The zero-order chi connectivity index (χ0) is 15.9. The van der Waals surface area contributed by atoms with E-state index in [2.05, 4.69) is 37.4 Å². The molecular weight excluding hydrogens is 405 g/mol. The van der Waals surface area contributed by atoms with Crippen LogP contribution < -0.4 is 0 Å². The molecule has 23 heavy (non-hydrogen) atoms. The van der Waals surface area contributed by atoms with Gasteiger partial charge in [0.15, 0.2) is 0 Å². The molecule has 0 aromatic carbocycles. The zero-order valence-electron chi connectivity index (χ0n) is 13.5. The van der Waals surface area contributed by atoms with Crippen molar-refractivity contribution < 1.29 is 9.47 Å². The Balaban J connectivity index is 1.17. The molecule has 8 heteroatoms. The summed E-state index contributed by atoms with van der Waals surface area (Å²) in [6.45, 7) is 4.40. The molecule has 6 atom stereocenters. The van der Waals surface area contributed by atoms with Crippen molar-refractivity contribution in [2.24, 2.45) is 0 Å². The van der Waals surface area contributed by atoms with Crippen LogP contribution in [0.1, 0.15) is 33.1 Å². The summed E-state index contributed by atoms with van der Waals surface area (Å²) in [4.78, 5) is 0. The normalized spacial score (nSPS) is 49.8. The molecule has 0 aromatic rings. The van der Waals surface area contributed by atoms with Gasteiger partial charge in [-0.3, -0.25) is 0 Å². The Morgan fingerprint density at radius 2 is 1.17 bits per heavy atom. The van der Waals surface area contributed by atoms with E-state index in [1.807, 2.05) is 47.0 Å². The maximum Gasteiger partial charge on any atom is 0.209 e. The molecule has 4 saturated heterocycles. The number of ether oxygens (including phenoxy) is 2. The second kappa shape index (κ2) is 7.56. The zero-order valence-corrected chi connectivity index (χ0v) is 18.4. The van der Waals surface area contributed by atoms with Gasteiger partial charge in [0.2, 0.25) is 7.19 Å². The second-order valence-corrected chi connectivity index (χ2v) is 15.8. The Morgan fingerprint density at radius 3 is 1.57 bits per heavy atom. The van der Waals surface area contributed by atoms with E-state index in [4.69, 9.17) is 9.47 Å². The largest absolute Gasteiger partial charge is 0.342 e. The van der Waals surface area contributed by atoms with Crippen LogP contribution in [0.15, 0.2) is 0 Å². The maximum absolute atomic E-state index is 6.16. The van der Waals surface area contributed by atoms with Crippen molar-refractivity contribution in [3.8, 4) is 0 Å². The third kappa shape index (κ3) is 4.30. The summed E-state index contributed by atoms with van der Waals surface area (Å²) in [6, 6.07) is 0. The van der Waals surface area contributed by atoms with Gasteiger partial charge in [-0.25, -0.2) is 0 Å². The highest BCUT2D eigenvalue weighted by Gasteiger charge is 2.49. The molecule has 4 heterocycles. The Bertz CT molecular complexity index is 402. The first-order valence-corrected chi connectivity index (χ1v) is 14.0. The van der Waals surface area contributed by atoms with Gasteiger partial charge in [0, 0.05) is 33.5 Å². The van der Waals surface area contributed by atoms with Crippen LogP contribution in [0.25, 0.3) is 0 Å². The monoisotopic (exact) mass is 428 g/mol. The molecule has 0 bridgehead atoms. The lowest BCUT2D eigenvalue weighted by Gasteiger charge is -2.21. The van der Waals surface area contributed by atoms with Crippen molar-refractivity contribution in [3.63, 3.8) is 0 Å². The number of thioether (sulfide) groups is 6. The van der Waals surface area contributed by atoms with Gasteiger partial charge in [-0.05, 0) is 26.7 Å². The summed E-state index contributed by atoms with van der Waals surface area (Å²) in [5.41, 5.74) is 0. The van der Waals surface area contributed by atoms with E-state index in [-0.39, 0.29) is 7.19 Å². The van der Waals surface area contributed by atoms with E-state index in [1.165, 1.54) is 30.8 Å². The standard InChI is InChI=1S/C15H24O2S6/c1-10-6-18-14(16-10)20-8-12(22-14)4-3-5-13-9-21-15(23-13)17-11(2)7-19-15/h10-13H,3-9H2,1-2H3. The van der Waals surface area contributed by atoms with E-state index in [0.29, 0.717) is 12.2 Å². The molecule has 0 aromatic heterocycles. The Labute approximate surface area is 165 Å². The fourth-order valence-electron chi connectivity index (χ4n) is 3.13. The maximum atomic E-state index is 6.16. The van der Waals surface area contributed by atoms with Crippen molar-refractivity contribution in [2.75, 3.05) is 23.0 Å². The SMILES string of the molecule is CC1CSC2(O1)SCC(CCCC1CSC3(OC(C)CS3)S1)S2. The topological polar surface area (TPSA) is 18.5 Å². The molecule has 4 fully saturated rings. The van der Waals surface area contributed by atoms with E-state index >= 15 is 0 Å². The van der Waals surface area contributed by atoms with Gasteiger partial charge in [0.1, 0.15) is 0 Å². The van der Waals surface area contributed by atoms with Gasteiger partial charge < -0.3 is 9.47 Å². The highest BCUT2D eigenvalue weighted by molar-refractivity contribution is 8.36. The summed E-state index contributed by atoms with van der Waals surface area (Å²) in [5, 5.41) is 1.56. The van der Waals surface area contributed by atoms with Crippen LogP contribution in [0.2, 0.25) is 0 Å². The van der Waals surface area contributed by atoms with Crippen molar-refractivity contribution in [1.29, 1.82) is 0 Å². The first-order valence-electron chi connectivity index (χ1n) is 8.33. The smallest absolute Gasteiger partial charge is 0.209 e. The number of hydrogen-bond acceptors (Lipinski definition) is 8. The fourth-order valence-corrected chi connectivity index (χ4v) is 14.0. The highest BCUT2D eigenvalue weighted by Crippen LogP contribution is 2.62. The minimum absolute atomic E-state index is 0.0383. The average Bonchev–Trinajstić information content (AvgIpc) is 3.25. The summed E-state index contributed by atoms with van der Waals surface area (Å²) in [6.07, 6.45) is 4.89. The van der Waals surface area contributed by atoms with Crippen LogP contribution >= 0.6 is 70.6 Å². The lowest BCUT2D eigenvalue weighted by Crippen LogP contribution is -2.15. The van der Waals surface area contributed by atoms with E-state index in [1.54, 1.807) is 0 Å². The molecule has 132 valence electrons. The summed E-state index contributed by atoms with van der Waals surface area (Å²) >= 11 is 12.3. The first-order chi connectivity index (χ1) is 11.1. The third-order valence-corrected chi connectivity index (χ3v) is 15.1. The third-order valence-electron chi connectivity index (χ3n) is 4.25. The molecule has 4 rings (SSSR count). The van der Waals surface area contributed by atoms with E-state index < -0.39 is 0 Å². The van der Waals surface area contributed by atoms with Crippen LogP contribution in [0, 0.1) is 0 Å². The Kier molecular flexibility index (Phi) is 6.05. The number of hydrogen-bond donors (Lipinski definition) is 0. The first kappa shape index (κ1) is 18.4. The van der Waals surface area contributed by atoms with Gasteiger partial charge in [-0.15, -0.1) is 70.6 Å². The molecule has 0 aliphatic carbocycles. The Morgan fingerprint density at radius 1 is 0.739 bits per heavy atom. The predicted molar refractivity (Wildman–Crippen MR) is 113 cm³/mol. The van der Waals surface area contributed by atoms with Crippen molar-refractivity contribution >= 4 is 70.6 Å². The molecule has 6 unspecified atom stereocenters. The van der Waals surface area contributed by atoms with Crippen LogP contribution in [-0.2, 0) is 9.47 Å². The summed E-state index contributed by atoms with van der Waals surface area (Å²) in [7, 11) is 0. The van der Waals surface area contributed by atoms with Crippen molar-refractivity contribution in [1.82, 2.24) is 0 Å². The van der Waals surface area contributed by atoms with Gasteiger partial charge in [-0.1, -0.05) is 6.42 Å². The quantitative estimate of drug-likeness (QED) is 0.586. The van der Waals surface area contributed by atoms with Gasteiger partial charge in [0.25, 0.3) is 0 Å². The summed E-state index contributed by atoms with van der Waals surface area (Å²) in [5.74, 6) is 4.83. The Hall–Kier alpha value is 2.02.